The van der Waals surface area contributed by atoms with Gasteiger partial charge in [-0.15, -0.1) is 0 Å². The van der Waals surface area contributed by atoms with E-state index in [2.05, 4.69) is 11.9 Å². The van der Waals surface area contributed by atoms with Gasteiger partial charge in [-0.1, -0.05) is 12.2 Å². The first-order valence-electron chi connectivity index (χ1n) is 6.92. The number of rotatable bonds is 2. The van der Waals surface area contributed by atoms with Crippen LogP contribution in [0.15, 0.2) is 0 Å². The van der Waals surface area contributed by atoms with Gasteiger partial charge in [-0.25, -0.2) is 0 Å². The molecule has 0 aromatic rings. The molecular formula is C13H23N3O2S. The van der Waals surface area contributed by atoms with E-state index >= 15 is 0 Å². The molecule has 0 aromatic heterocycles. The van der Waals surface area contributed by atoms with Gasteiger partial charge in [0.25, 0.3) is 0 Å². The number of hydrogen-bond donors (Lipinski definition) is 1. The Bertz CT molecular complexity index is 356. The summed E-state index contributed by atoms with van der Waals surface area (Å²) in [5.74, 6) is 0.110. The summed E-state index contributed by atoms with van der Waals surface area (Å²) in [5.41, 5.74) is 5.22. The second kappa shape index (κ2) is 6.15. The van der Waals surface area contributed by atoms with Crippen LogP contribution in [-0.2, 0) is 9.53 Å². The first-order chi connectivity index (χ1) is 9.06. The molecule has 2 heterocycles. The highest BCUT2D eigenvalue weighted by molar-refractivity contribution is 7.80. The molecule has 19 heavy (non-hydrogen) atoms. The van der Waals surface area contributed by atoms with E-state index in [1.54, 1.807) is 0 Å². The number of carbonyl (C=O) groups excluding carboxylic acids is 1. The third-order valence-corrected chi connectivity index (χ3v) is 4.62. The Labute approximate surface area is 120 Å². The number of nitrogens with two attached hydrogens (primary N) is 1. The molecule has 0 aromatic carbocycles. The van der Waals surface area contributed by atoms with E-state index in [9.17, 15) is 4.79 Å². The minimum absolute atomic E-state index is 0.110. The van der Waals surface area contributed by atoms with Crippen LogP contribution in [0, 0.1) is 5.41 Å². The van der Waals surface area contributed by atoms with Crippen molar-refractivity contribution in [2.75, 3.05) is 46.4 Å². The number of hydrogen-bond acceptors (Lipinski definition) is 4. The average molecular weight is 285 g/mol. The highest BCUT2D eigenvalue weighted by atomic mass is 32.1. The Morgan fingerprint density at radius 2 is 1.89 bits per heavy atom. The standard InChI is InChI=1S/C13H23N3O2S/c1-15-5-2-6-16(8-7-15)12(17)13(11(14)19)3-9-18-10-4-13/h2-10H2,1H3,(H2,14,19). The SMILES string of the molecule is CN1CCCN(C(=O)C2(C(N)=S)CCOCC2)CC1. The minimum atomic E-state index is -0.670. The van der Waals surface area contributed by atoms with Crippen LogP contribution in [-0.4, -0.2) is 67.1 Å². The van der Waals surface area contributed by atoms with Gasteiger partial charge in [0.05, 0.1) is 4.99 Å². The predicted molar refractivity (Wildman–Crippen MR) is 78.0 cm³/mol. The molecule has 2 saturated heterocycles. The Kier molecular flexibility index (Phi) is 4.76. The molecule has 1 amide bonds. The van der Waals surface area contributed by atoms with Gasteiger partial charge in [0, 0.05) is 32.8 Å². The number of thiocarbonyl (C=S) groups is 1. The van der Waals surface area contributed by atoms with E-state index in [1.807, 2.05) is 4.90 Å². The first kappa shape index (κ1) is 14.7. The molecule has 2 fully saturated rings. The molecule has 5 nitrogen and oxygen atoms in total. The first-order valence-corrected chi connectivity index (χ1v) is 7.33. The van der Waals surface area contributed by atoms with Crippen molar-refractivity contribution < 1.29 is 9.53 Å². The molecular weight excluding hydrogens is 262 g/mol. The lowest BCUT2D eigenvalue weighted by Crippen LogP contribution is -2.53. The third kappa shape index (κ3) is 3.07. The van der Waals surface area contributed by atoms with Crippen molar-refractivity contribution in [2.24, 2.45) is 11.1 Å². The summed E-state index contributed by atoms with van der Waals surface area (Å²) in [5, 5.41) is 0. The monoisotopic (exact) mass is 285 g/mol. The molecule has 108 valence electrons. The van der Waals surface area contributed by atoms with E-state index in [1.165, 1.54) is 0 Å². The van der Waals surface area contributed by atoms with E-state index in [4.69, 9.17) is 22.7 Å². The van der Waals surface area contributed by atoms with Crippen molar-refractivity contribution in [3.05, 3.63) is 0 Å². The number of ether oxygens (including phenoxy) is 1. The van der Waals surface area contributed by atoms with Gasteiger partial charge in [0.15, 0.2) is 0 Å². The van der Waals surface area contributed by atoms with Crippen LogP contribution in [0.1, 0.15) is 19.3 Å². The van der Waals surface area contributed by atoms with E-state index in [-0.39, 0.29) is 5.91 Å². The zero-order valence-corrected chi connectivity index (χ0v) is 12.4. The molecule has 0 bridgehead atoms. The maximum Gasteiger partial charge on any atom is 0.235 e. The molecule has 0 saturated carbocycles. The normalized spacial score (nSPS) is 24.8. The number of amides is 1. The summed E-state index contributed by atoms with van der Waals surface area (Å²) >= 11 is 5.19. The zero-order chi connectivity index (χ0) is 13.9. The van der Waals surface area contributed by atoms with Gasteiger partial charge in [-0.3, -0.25) is 4.79 Å². The van der Waals surface area contributed by atoms with E-state index in [0.29, 0.717) is 31.0 Å². The Hall–Kier alpha value is -0.720. The lowest BCUT2D eigenvalue weighted by molar-refractivity contribution is -0.142. The van der Waals surface area contributed by atoms with Crippen LogP contribution in [0.2, 0.25) is 0 Å². The molecule has 6 heteroatoms. The summed E-state index contributed by atoms with van der Waals surface area (Å²) in [7, 11) is 2.09. The maximum atomic E-state index is 12.9. The van der Waals surface area contributed by atoms with Crippen LogP contribution in [0.4, 0.5) is 0 Å². The number of carbonyl (C=O) groups is 1. The summed E-state index contributed by atoms with van der Waals surface area (Å²) in [6, 6.07) is 0. The minimum Gasteiger partial charge on any atom is -0.392 e. The van der Waals surface area contributed by atoms with Crippen LogP contribution >= 0.6 is 12.2 Å². The second-order valence-corrected chi connectivity index (χ2v) is 5.95. The predicted octanol–water partition coefficient (Wildman–Crippen LogP) is 0.233. The molecule has 2 N–H and O–H groups in total. The topological polar surface area (TPSA) is 58.8 Å². The summed E-state index contributed by atoms with van der Waals surface area (Å²) in [6.07, 6.45) is 2.24. The number of nitrogens with zero attached hydrogens (tertiary/aromatic N) is 2. The lowest BCUT2D eigenvalue weighted by Gasteiger charge is -2.38. The summed E-state index contributed by atoms with van der Waals surface area (Å²) < 4.78 is 5.36. The van der Waals surface area contributed by atoms with Gasteiger partial charge in [-0.05, 0) is 32.9 Å². The number of likely N-dealkylation sites (N-methyl/N-ethyl adjacent to an activating group) is 1. The Morgan fingerprint density at radius 1 is 1.21 bits per heavy atom. The van der Waals surface area contributed by atoms with Gasteiger partial charge in [-0.2, -0.15) is 0 Å². The Balaban J connectivity index is 2.12. The fourth-order valence-electron chi connectivity index (χ4n) is 2.84. The molecule has 2 rings (SSSR count). The highest BCUT2D eigenvalue weighted by Crippen LogP contribution is 2.33. The van der Waals surface area contributed by atoms with Crippen LogP contribution in [0.3, 0.4) is 0 Å². The fraction of sp³-hybridized carbons (Fsp3) is 0.846. The third-order valence-electron chi connectivity index (χ3n) is 4.23. The molecule has 0 atom stereocenters. The van der Waals surface area contributed by atoms with Gasteiger partial charge in [0.2, 0.25) is 5.91 Å². The largest absolute Gasteiger partial charge is 0.392 e. The molecule has 0 aliphatic carbocycles. The van der Waals surface area contributed by atoms with Gasteiger partial charge >= 0.3 is 0 Å². The Morgan fingerprint density at radius 3 is 2.53 bits per heavy atom. The van der Waals surface area contributed by atoms with Crippen molar-refractivity contribution in [2.45, 2.75) is 19.3 Å². The highest BCUT2D eigenvalue weighted by Gasteiger charge is 2.45. The van der Waals surface area contributed by atoms with Crippen molar-refractivity contribution >= 4 is 23.1 Å². The smallest absolute Gasteiger partial charge is 0.235 e. The van der Waals surface area contributed by atoms with E-state index in [0.717, 1.165) is 32.6 Å². The van der Waals surface area contributed by atoms with Gasteiger partial charge < -0.3 is 20.3 Å². The van der Waals surface area contributed by atoms with Crippen molar-refractivity contribution in [1.82, 2.24) is 9.80 Å². The quantitative estimate of drug-likeness (QED) is 0.736. The van der Waals surface area contributed by atoms with Gasteiger partial charge in [0.1, 0.15) is 5.41 Å². The van der Waals surface area contributed by atoms with Crippen molar-refractivity contribution in [3.63, 3.8) is 0 Å². The van der Waals surface area contributed by atoms with Crippen LogP contribution < -0.4 is 5.73 Å². The molecule has 0 radical (unpaired) electrons. The second-order valence-electron chi connectivity index (χ2n) is 5.51. The lowest BCUT2D eigenvalue weighted by atomic mass is 9.78. The maximum absolute atomic E-state index is 12.9. The summed E-state index contributed by atoms with van der Waals surface area (Å²) in [4.78, 5) is 17.4. The summed E-state index contributed by atoms with van der Waals surface area (Å²) in [6.45, 7) is 4.64. The molecule has 0 unspecified atom stereocenters. The average Bonchev–Trinajstić information content (AvgIpc) is 2.63. The van der Waals surface area contributed by atoms with Crippen molar-refractivity contribution in [3.8, 4) is 0 Å². The van der Waals surface area contributed by atoms with Crippen molar-refractivity contribution in [1.29, 1.82) is 0 Å². The molecule has 0 spiro atoms. The van der Waals surface area contributed by atoms with Crippen LogP contribution in [0.5, 0.6) is 0 Å². The molecule has 2 aliphatic rings. The van der Waals surface area contributed by atoms with E-state index < -0.39 is 5.41 Å². The fourth-order valence-corrected chi connectivity index (χ4v) is 3.13. The molecule has 2 aliphatic heterocycles. The zero-order valence-electron chi connectivity index (χ0n) is 11.6. The van der Waals surface area contributed by atoms with Crippen LogP contribution in [0.25, 0.3) is 0 Å².